The van der Waals surface area contributed by atoms with Gasteiger partial charge in [-0.2, -0.15) is 0 Å². The summed E-state index contributed by atoms with van der Waals surface area (Å²) in [6.07, 6.45) is 4.78. The monoisotopic (exact) mass is 336 g/mol. The summed E-state index contributed by atoms with van der Waals surface area (Å²) in [5.41, 5.74) is 2.11. The van der Waals surface area contributed by atoms with Crippen LogP contribution in [0.5, 0.6) is 5.75 Å². The highest BCUT2D eigenvalue weighted by Gasteiger charge is 2.27. The average Bonchev–Trinajstić information content (AvgIpc) is 3.11. The van der Waals surface area contributed by atoms with Crippen molar-refractivity contribution in [2.75, 3.05) is 32.0 Å². The van der Waals surface area contributed by atoms with E-state index in [-0.39, 0.29) is 11.7 Å². The van der Waals surface area contributed by atoms with Crippen LogP contribution in [0, 0.1) is 0 Å². The van der Waals surface area contributed by atoms with Crippen molar-refractivity contribution >= 4 is 22.0 Å². The van der Waals surface area contributed by atoms with Gasteiger partial charge >= 0.3 is 0 Å². The van der Waals surface area contributed by atoms with Crippen molar-refractivity contribution in [3.8, 4) is 5.75 Å². The lowest BCUT2D eigenvalue weighted by molar-refractivity contribution is -0.116. The molecule has 1 aromatic carbocycles. The maximum absolute atomic E-state index is 11.8. The van der Waals surface area contributed by atoms with Gasteiger partial charge in [-0.1, -0.05) is 6.07 Å². The highest BCUT2D eigenvalue weighted by Crippen LogP contribution is 2.26. The van der Waals surface area contributed by atoms with E-state index in [0.29, 0.717) is 32.7 Å². The Morgan fingerprint density at radius 3 is 3.04 bits per heavy atom. The Kier molecular flexibility index (Phi) is 4.68. The Morgan fingerprint density at radius 2 is 2.26 bits per heavy atom. The Bertz CT molecular complexity index is 728. The first-order valence-corrected chi connectivity index (χ1v) is 9.35. The van der Waals surface area contributed by atoms with Crippen LogP contribution in [0.1, 0.15) is 17.5 Å². The molecule has 1 amide bonds. The Labute approximate surface area is 136 Å². The Hall–Kier alpha value is -1.86. The van der Waals surface area contributed by atoms with Crippen molar-refractivity contribution in [1.29, 1.82) is 0 Å². The number of ether oxygens (including phenoxy) is 1. The van der Waals surface area contributed by atoms with E-state index in [0.717, 1.165) is 23.3 Å². The molecule has 0 unspecified atom stereocenters. The number of fused-ring (bicyclic) bond motifs is 1. The van der Waals surface area contributed by atoms with E-state index in [2.05, 4.69) is 5.32 Å². The van der Waals surface area contributed by atoms with Crippen molar-refractivity contribution < 1.29 is 17.9 Å². The third kappa shape index (κ3) is 3.92. The van der Waals surface area contributed by atoms with Gasteiger partial charge in [0.2, 0.25) is 15.9 Å². The fraction of sp³-hybridized carbons (Fsp3) is 0.438. The zero-order chi connectivity index (χ0) is 16.3. The topological polar surface area (TPSA) is 75.7 Å². The van der Waals surface area contributed by atoms with Crippen LogP contribution in [0.15, 0.2) is 24.3 Å². The van der Waals surface area contributed by atoms with Gasteiger partial charge in [0.05, 0.1) is 12.4 Å². The van der Waals surface area contributed by atoms with Gasteiger partial charge in [-0.15, -0.1) is 0 Å². The van der Waals surface area contributed by atoms with Crippen molar-refractivity contribution in [1.82, 2.24) is 9.62 Å². The molecule has 7 heteroatoms. The normalized spacial score (nSPS) is 19.7. The predicted molar refractivity (Wildman–Crippen MR) is 87.7 cm³/mol. The lowest BCUT2D eigenvalue weighted by Crippen LogP contribution is -2.35. The fourth-order valence-corrected chi connectivity index (χ4v) is 4.32. The highest BCUT2D eigenvalue weighted by atomic mass is 32.2. The molecule has 6 nitrogen and oxygen atoms in total. The first kappa shape index (κ1) is 16.0. The van der Waals surface area contributed by atoms with Crippen LogP contribution in [0.3, 0.4) is 0 Å². The number of nitrogens with zero attached hydrogens (tertiary/aromatic N) is 1. The predicted octanol–water partition coefficient (Wildman–Crippen LogP) is 0.786. The smallest absolute Gasteiger partial charge is 0.244 e. The van der Waals surface area contributed by atoms with Crippen LogP contribution in [-0.2, 0) is 21.2 Å². The Balaban J connectivity index is 1.47. The van der Waals surface area contributed by atoms with Gasteiger partial charge in [0.25, 0.3) is 0 Å². The second-order valence-corrected chi connectivity index (χ2v) is 7.75. The van der Waals surface area contributed by atoms with E-state index >= 15 is 0 Å². The third-order valence-electron chi connectivity index (χ3n) is 4.00. The van der Waals surface area contributed by atoms with Gasteiger partial charge in [-0.3, -0.25) is 4.79 Å². The number of carbonyl (C=O) groups excluding carboxylic acids is 1. The molecule has 124 valence electrons. The maximum Gasteiger partial charge on any atom is 0.244 e. The summed E-state index contributed by atoms with van der Waals surface area (Å²) < 4.78 is 30.1. The van der Waals surface area contributed by atoms with Gasteiger partial charge in [0.1, 0.15) is 5.75 Å². The van der Waals surface area contributed by atoms with Crippen LogP contribution in [0.25, 0.3) is 6.08 Å². The fourth-order valence-electron chi connectivity index (χ4n) is 2.79. The molecule has 0 spiro atoms. The summed E-state index contributed by atoms with van der Waals surface area (Å²) in [6.45, 7) is 1.91. The second-order valence-electron chi connectivity index (χ2n) is 5.66. The summed E-state index contributed by atoms with van der Waals surface area (Å²) in [6, 6.07) is 5.84. The number of hydrogen-bond acceptors (Lipinski definition) is 4. The quantitative estimate of drug-likeness (QED) is 0.807. The van der Waals surface area contributed by atoms with Crippen LogP contribution in [0.2, 0.25) is 0 Å². The molecule has 23 heavy (non-hydrogen) atoms. The summed E-state index contributed by atoms with van der Waals surface area (Å²) >= 11 is 0. The molecule has 1 fully saturated rings. The summed E-state index contributed by atoms with van der Waals surface area (Å²) in [5, 5.41) is 2.71. The average molecular weight is 336 g/mol. The molecule has 0 bridgehead atoms. The Morgan fingerprint density at radius 1 is 1.39 bits per heavy atom. The molecule has 2 aliphatic rings. The van der Waals surface area contributed by atoms with Crippen molar-refractivity contribution in [3.63, 3.8) is 0 Å². The molecule has 2 aliphatic heterocycles. The zero-order valence-corrected chi connectivity index (χ0v) is 13.6. The number of sulfonamides is 1. The van der Waals surface area contributed by atoms with Crippen LogP contribution >= 0.6 is 0 Å². The molecule has 0 aliphatic carbocycles. The van der Waals surface area contributed by atoms with Crippen molar-refractivity contribution in [2.45, 2.75) is 12.8 Å². The van der Waals surface area contributed by atoms with E-state index < -0.39 is 10.0 Å². The van der Waals surface area contributed by atoms with Crippen LogP contribution in [-0.4, -0.2) is 50.6 Å². The lowest BCUT2D eigenvalue weighted by atomic mass is 10.1. The first-order valence-electron chi connectivity index (χ1n) is 7.74. The zero-order valence-electron chi connectivity index (χ0n) is 12.8. The molecule has 3 rings (SSSR count). The minimum Gasteiger partial charge on any atom is -0.493 e. The minimum atomic E-state index is -3.09. The lowest BCUT2D eigenvalue weighted by Gasteiger charge is -2.13. The number of hydrogen-bond donors (Lipinski definition) is 1. The molecule has 0 radical (unpaired) electrons. The van der Waals surface area contributed by atoms with E-state index in [4.69, 9.17) is 4.74 Å². The first-order chi connectivity index (χ1) is 11.0. The van der Waals surface area contributed by atoms with Crippen molar-refractivity contribution in [3.05, 3.63) is 35.4 Å². The molecule has 0 atom stereocenters. The number of carbonyl (C=O) groups is 1. The second kappa shape index (κ2) is 6.72. The number of nitrogens with one attached hydrogen (secondary N) is 1. The number of rotatable bonds is 5. The number of benzene rings is 1. The largest absolute Gasteiger partial charge is 0.493 e. The van der Waals surface area contributed by atoms with Crippen LogP contribution in [0.4, 0.5) is 0 Å². The molecule has 0 aromatic heterocycles. The van der Waals surface area contributed by atoms with Gasteiger partial charge in [0, 0.05) is 32.1 Å². The molecular formula is C16H20N2O4S. The summed E-state index contributed by atoms with van der Waals surface area (Å²) in [5.74, 6) is 0.903. The molecule has 1 N–H and O–H groups in total. The van der Waals surface area contributed by atoms with Gasteiger partial charge in [-0.25, -0.2) is 12.7 Å². The van der Waals surface area contributed by atoms with Gasteiger partial charge in [0.15, 0.2) is 0 Å². The molecule has 2 heterocycles. The molecule has 0 saturated carbocycles. The van der Waals surface area contributed by atoms with Crippen molar-refractivity contribution in [2.24, 2.45) is 0 Å². The van der Waals surface area contributed by atoms with Crippen LogP contribution < -0.4 is 10.1 Å². The van der Waals surface area contributed by atoms with Gasteiger partial charge < -0.3 is 10.1 Å². The molecular weight excluding hydrogens is 316 g/mol. The van der Waals surface area contributed by atoms with E-state index in [1.165, 1.54) is 10.4 Å². The molecule has 1 saturated heterocycles. The standard InChI is InChI=1S/C16H20N2O4S/c19-16(17-7-9-18-8-1-11-23(18,20)21)5-3-13-2-4-15-14(12-13)6-10-22-15/h2-5,12H,1,6-11H2,(H,17,19)/b5-3-. The summed E-state index contributed by atoms with van der Waals surface area (Å²) in [7, 11) is -3.09. The van der Waals surface area contributed by atoms with Gasteiger partial charge in [-0.05, 0) is 35.8 Å². The van der Waals surface area contributed by atoms with E-state index in [1.807, 2.05) is 18.2 Å². The van der Waals surface area contributed by atoms with E-state index in [9.17, 15) is 13.2 Å². The third-order valence-corrected chi connectivity index (χ3v) is 5.96. The maximum atomic E-state index is 11.8. The minimum absolute atomic E-state index is 0.211. The highest BCUT2D eigenvalue weighted by molar-refractivity contribution is 7.89. The summed E-state index contributed by atoms with van der Waals surface area (Å²) in [4.78, 5) is 11.8. The van der Waals surface area contributed by atoms with E-state index in [1.54, 1.807) is 6.08 Å². The SMILES string of the molecule is O=C(/C=C\c1ccc2c(c1)CCO2)NCCN1CCCS1(=O)=O. The number of amides is 1. The molecule has 1 aromatic rings.